The van der Waals surface area contributed by atoms with Crippen molar-refractivity contribution < 1.29 is 23.1 Å². The molecule has 0 aliphatic carbocycles. The van der Waals surface area contributed by atoms with Crippen LogP contribution in [0.1, 0.15) is 39.2 Å². The van der Waals surface area contributed by atoms with Gasteiger partial charge < -0.3 is 10.1 Å². The van der Waals surface area contributed by atoms with Crippen LogP contribution < -0.4 is 5.32 Å². The molecule has 1 aromatic rings. The monoisotopic (exact) mass is 379 g/mol. The van der Waals surface area contributed by atoms with Crippen LogP contribution in [0, 0.1) is 17.6 Å². The highest BCUT2D eigenvalue weighted by atomic mass is 19.1. The Morgan fingerprint density at radius 2 is 1.81 bits per heavy atom. The molecule has 0 aromatic heterocycles. The molecule has 6 heteroatoms. The Balaban J connectivity index is 2.80. The summed E-state index contributed by atoms with van der Waals surface area (Å²) in [4.78, 5) is 24.4. The topological polar surface area (TPSA) is 55.4 Å². The number of benzene rings is 1. The second kappa shape index (κ2) is 12.0. The third kappa shape index (κ3) is 9.68. The van der Waals surface area contributed by atoms with Crippen molar-refractivity contribution in [3.05, 3.63) is 59.7 Å². The molecule has 4 nitrogen and oxygen atoms in total. The number of ether oxygens (including phenoxy) is 1. The second-order valence-electron chi connectivity index (χ2n) is 6.62. The molecule has 0 heterocycles. The van der Waals surface area contributed by atoms with Crippen molar-refractivity contribution in [2.75, 3.05) is 6.61 Å². The minimum Gasteiger partial charge on any atom is -0.460 e. The number of allylic oxidation sites excluding steroid dienone is 2. The predicted octanol–water partition coefficient (Wildman–Crippen LogP) is 4.10. The van der Waals surface area contributed by atoms with Gasteiger partial charge in [-0.1, -0.05) is 32.1 Å². The minimum absolute atomic E-state index is 0.0590. The standard InChI is InChI=1S/C21H27F2NO3/c1-4-5-10-27-21(26)19(13-16-11-17(22)14-18(23)12-16)24-20(25)9-7-6-8-15(2)3/h4-5,7,9,11-12,14-15,19H,6,8,10,13H2,1-3H3,(H,24,25)/b5-4+,9-7+/t19-/m0/s1. The summed E-state index contributed by atoms with van der Waals surface area (Å²) in [7, 11) is 0. The number of hydrogen-bond acceptors (Lipinski definition) is 3. The Hall–Kier alpha value is -2.50. The summed E-state index contributed by atoms with van der Waals surface area (Å²) in [5, 5.41) is 2.55. The lowest BCUT2D eigenvalue weighted by molar-refractivity contribution is -0.146. The van der Waals surface area contributed by atoms with Gasteiger partial charge >= 0.3 is 5.97 Å². The van der Waals surface area contributed by atoms with Crippen LogP contribution in [0.5, 0.6) is 0 Å². The number of hydrogen-bond donors (Lipinski definition) is 1. The molecule has 0 saturated carbocycles. The van der Waals surface area contributed by atoms with Crippen LogP contribution in [-0.4, -0.2) is 24.5 Å². The van der Waals surface area contributed by atoms with Crippen LogP contribution in [0.25, 0.3) is 0 Å². The van der Waals surface area contributed by atoms with Crippen LogP contribution in [0.15, 0.2) is 42.5 Å². The smallest absolute Gasteiger partial charge is 0.329 e. The Labute approximate surface area is 159 Å². The van der Waals surface area contributed by atoms with E-state index >= 15 is 0 Å². The average molecular weight is 379 g/mol. The lowest BCUT2D eigenvalue weighted by Crippen LogP contribution is -2.42. The van der Waals surface area contributed by atoms with Gasteiger partial charge in [-0.25, -0.2) is 13.6 Å². The molecule has 0 bridgehead atoms. The summed E-state index contributed by atoms with van der Waals surface area (Å²) in [5.41, 5.74) is 0.254. The minimum atomic E-state index is -1.04. The van der Waals surface area contributed by atoms with Crippen LogP contribution in [0.2, 0.25) is 0 Å². The molecule has 1 N–H and O–H groups in total. The maximum Gasteiger partial charge on any atom is 0.329 e. The van der Waals surface area contributed by atoms with E-state index in [-0.39, 0.29) is 18.6 Å². The Morgan fingerprint density at radius 1 is 1.15 bits per heavy atom. The SMILES string of the molecule is C/C=C/COC(=O)[C@H](Cc1cc(F)cc(F)c1)NC(=O)/C=C/CCC(C)C. The first-order valence-corrected chi connectivity index (χ1v) is 9.01. The van der Waals surface area contributed by atoms with Gasteiger partial charge in [0.25, 0.3) is 0 Å². The van der Waals surface area contributed by atoms with Gasteiger partial charge in [0, 0.05) is 12.5 Å². The van der Waals surface area contributed by atoms with E-state index in [0.717, 1.165) is 31.0 Å². The molecule has 27 heavy (non-hydrogen) atoms. The highest BCUT2D eigenvalue weighted by Gasteiger charge is 2.22. The number of halogens is 2. The maximum absolute atomic E-state index is 13.4. The number of esters is 1. The van der Waals surface area contributed by atoms with Gasteiger partial charge in [-0.05, 0) is 49.5 Å². The number of amides is 1. The van der Waals surface area contributed by atoms with Gasteiger partial charge in [0.05, 0.1) is 0 Å². The first-order valence-electron chi connectivity index (χ1n) is 9.01. The van der Waals surface area contributed by atoms with E-state index in [4.69, 9.17) is 4.74 Å². The highest BCUT2D eigenvalue weighted by Crippen LogP contribution is 2.11. The average Bonchev–Trinajstić information content (AvgIpc) is 2.57. The zero-order chi connectivity index (χ0) is 20.2. The van der Waals surface area contributed by atoms with Crippen molar-refractivity contribution in [1.29, 1.82) is 0 Å². The molecule has 1 aromatic carbocycles. The maximum atomic E-state index is 13.4. The molecule has 0 unspecified atom stereocenters. The van der Waals surface area contributed by atoms with E-state index in [1.54, 1.807) is 25.2 Å². The molecule has 1 rings (SSSR count). The summed E-state index contributed by atoms with van der Waals surface area (Å²) < 4.78 is 31.9. The van der Waals surface area contributed by atoms with Crippen molar-refractivity contribution >= 4 is 11.9 Å². The highest BCUT2D eigenvalue weighted by molar-refractivity contribution is 5.91. The zero-order valence-electron chi connectivity index (χ0n) is 16.0. The number of carbonyl (C=O) groups is 2. The predicted molar refractivity (Wildman–Crippen MR) is 101 cm³/mol. The fourth-order valence-corrected chi connectivity index (χ4v) is 2.32. The van der Waals surface area contributed by atoms with Crippen molar-refractivity contribution in [1.82, 2.24) is 5.32 Å². The number of rotatable bonds is 10. The van der Waals surface area contributed by atoms with Crippen LogP contribution >= 0.6 is 0 Å². The van der Waals surface area contributed by atoms with E-state index in [0.29, 0.717) is 5.92 Å². The van der Waals surface area contributed by atoms with Crippen LogP contribution in [0.4, 0.5) is 8.78 Å². The van der Waals surface area contributed by atoms with Gasteiger partial charge in [0.1, 0.15) is 24.3 Å². The van der Waals surface area contributed by atoms with Crippen molar-refractivity contribution in [3.63, 3.8) is 0 Å². The molecule has 0 aliphatic rings. The van der Waals surface area contributed by atoms with E-state index in [9.17, 15) is 18.4 Å². The molecule has 0 spiro atoms. The van der Waals surface area contributed by atoms with Crippen molar-refractivity contribution in [3.8, 4) is 0 Å². The summed E-state index contributed by atoms with van der Waals surface area (Å²) in [6.45, 7) is 6.01. The van der Waals surface area contributed by atoms with Gasteiger partial charge in [0.15, 0.2) is 0 Å². The van der Waals surface area contributed by atoms with E-state index in [1.165, 1.54) is 6.08 Å². The molecule has 1 amide bonds. The summed E-state index contributed by atoms with van der Waals surface area (Å²) in [6, 6.07) is 1.96. The second-order valence-corrected chi connectivity index (χ2v) is 6.62. The quantitative estimate of drug-likeness (QED) is 0.378. The number of nitrogens with one attached hydrogen (secondary N) is 1. The molecule has 0 fully saturated rings. The fraction of sp³-hybridized carbons (Fsp3) is 0.429. The molecular formula is C21H27F2NO3. The van der Waals surface area contributed by atoms with Gasteiger partial charge in [-0.2, -0.15) is 0 Å². The molecule has 1 atom stereocenters. The summed E-state index contributed by atoms with van der Waals surface area (Å²) >= 11 is 0. The molecule has 0 aliphatic heterocycles. The van der Waals surface area contributed by atoms with Gasteiger partial charge in [-0.15, -0.1) is 0 Å². The lowest BCUT2D eigenvalue weighted by atomic mass is 10.1. The Kier molecular flexibility index (Phi) is 10.0. The lowest BCUT2D eigenvalue weighted by Gasteiger charge is -2.17. The van der Waals surface area contributed by atoms with Crippen molar-refractivity contribution in [2.45, 2.75) is 46.1 Å². The van der Waals surface area contributed by atoms with E-state index < -0.39 is 29.6 Å². The molecule has 148 valence electrons. The largest absolute Gasteiger partial charge is 0.460 e. The van der Waals surface area contributed by atoms with E-state index in [1.807, 2.05) is 0 Å². The zero-order valence-corrected chi connectivity index (χ0v) is 16.0. The summed E-state index contributed by atoms with van der Waals surface area (Å²) in [6.07, 6.45) is 8.08. The van der Waals surface area contributed by atoms with E-state index in [2.05, 4.69) is 19.2 Å². The van der Waals surface area contributed by atoms with Crippen LogP contribution in [0.3, 0.4) is 0 Å². The third-order valence-electron chi connectivity index (χ3n) is 3.70. The Bertz CT molecular complexity index is 664. The van der Waals surface area contributed by atoms with Gasteiger partial charge in [-0.3, -0.25) is 4.79 Å². The third-order valence-corrected chi connectivity index (χ3v) is 3.70. The van der Waals surface area contributed by atoms with Crippen LogP contribution in [-0.2, 0) is 20.7 Å². The molecular weight excluding hydrogens is 352 g/mol. The number of carbonyl (C=O) groups excluding carboxylic acids is 2. The van der Waals surface area contributed by atoms with Crippen molar-refractivity contribution in [2.24, 2.45) is 5.92 Å². The Morgan fingerprint density at radius 3 is 2.41 bits per heavy atom. The fourth-order valence-electron chi connectivity index (χ4n) is 2.32. The summed E-state index contributed by atoms with van der Waals surface area (Å²) in [5.74, 6) is -2.09. The molecule has 0 radical (unpaired) electrons. The van der Waals surface area contributed by atoms with Gasteiger partial charge in [0.2, 0.25) is 5.91 Å². The normalized spacial score (nSPS) is 12.7. The first-order chi connectivity index (χ1) is 12.8. The first kappa shape index (κ1) is 22.5. The molecule has 0 saturated heterocycles.